The quantitative estimate of drug-likeness (QED) is 0.798. The van der Waals surface area contributed by atoms with Gasteiger partial charge in [-0.15, -0.1) is 0 Å². The second-order valence-electron chi connectivity index (χ2n) is 4.25. The van der Waals surface area contributed by atoms with Crippen LogP contribution in [0.1, 0.15) is 23.6 Å². The first kappa shape index (κ1) is 14.4. The van der Waals surface area contributed by atoms with Crippen LogP contribution < -0.4 is 5.73 Å². The van der Waals surface area contributed by atoms with Gasteiger partial charge in [-0.2, -0.15) is 0 Å². The highest BCUT2D eigenvalue weighted by Gasteiger charge is 2.03. The number of nitrogen functional groups attached to an aromatic ring is 1. The van der Waals surface area contributed by atoms with E-state index in [1.54, 1.807) is 11.8 Å². The minimum Gasteiger partial charge on any atom is -0.399 e. The molecule has 1 nitrogen and oxygen atoms in total. The zero-order valence-corrected chi connectivity index (χ0v) is 12.9. The summed E-state index contributed by atoms with van der Waals surface area (Å²) in [6.45, 7) is 10.1. The monoisotopic (exact) mass is 311 g/mol. The summed E-state index contributed by atoms with van der Waals surface area (Å²) < 4.78 is 0.932. The Hall–Kier alpha value is -0.670. The maximum absolute atomic E-state index is 5.88. The van der Waals surface area contributed by atoms with E-state index >= 15 is 0 Å². The van der Waals surface area contributed by atoms with E-state index in [4.69, 9.17) is 5.73 Å². The maximum Gasteiger partial charge on any atom is 0.0473 e. The summed E-state index contributed by atoms with van der Waals surface area (Å²) >= 11 is 4.94. The third-order valence-corrected chi connectivity index (χ3v) is 3.92. The van der Waals surface area contributed by atoms with Gasteiger partial charge in [-0.1, -0.05) is 30.0 Å². The number of anilines is 1. The molecule has 0 saturated heterocycles. The number of rotatable bonds is 4. The highest BCUT2D eigenvalue weighted by atomic mass is 79.9. The summed E-state index contributed by atoms with van der Waals surface area (Å²) in [7, 11) is 0. The Balaban J connectivity index is 2.85. The van der Waals surface area contributed by atoms with Crippen molar-refractivity contribution in [3.63, 3.8) is 0 Å². The molecule has 92 valence electrons. The molecule has 1 aromatic carbocycles. The predicted octanol–water partition coefficient (Wildman–Crippen LogP) is 4.93. The fourth-order valence-corrected chi connectivity index (χ4v) is 2.29. The number of hydrogen-bond donors (Lipinski definition) is 1. The average molecular weight is 312 g/mol. The number of halogens is 1. The third-order valence-electron chi connectivity index (χ3n) is 2.58. The van der Waals surface area contributed by atoms with Crippen LogP contribution in [0.5, 0.6) is 0 Å². The fraction of sp³-hybridized carbons (Fsp3) is 0.286. The third kappa shape index (κ3) is 4.60. The van der Waals surface area contributed by atoms with E-state index in [0.717, 1.165) is 21.5 Å². The second kappa shape index (κ2) is 6.31. The molecule has 0 bridgehead atoms. The van der Waals surface area contributed by atoms with E-state index in [9.17, 15) is 0 Å². The van der Waals surface area contributed by atoms with Crippen molar-refractivity contribution in [3.05, 3.63) is 50.2 Å². The largest absolute Gasteiger partial charge is 0.399 e. The molecule has 0 spiro atoms. The number of benzene rings is 1. The van der Waals surface area contributed by atoms with Gasteiger partial charge in [0, 0.05) is 9.50 Å². The van der Waals surface area contributed by atoms with Crippen LogP contribution in [-0.2, 0) is 6.42 Å². The zero-order chi connectivity index (χ0) is 13.0. The van der Waals surface area contributed by atoms with E-state index in [1.807, 2.05) is 6.92 Å². The molecule has 0 aromatic heterocycles. The van der Waals surface area contributed by atoms with Crippen LogP contribution in [0.15, 0.2) is 33.5 Å². The molecule has 0 aliphatic heterocycles. The molecule has 0 unspecified atom stereocenters. The molecular weight excluding hydrogens is 294 g/mol. The first-order valence-corrected chi connectivity index (χ1v) is 7.09. The number of nitrogens with two attached hydrogens (primary N) is 1. The van der Waals surface area contributed by atoms with Gasteiger partial charge >= 0.3 is 0 Å². The summed E-state index contributed by atoms with van der Waals surface area (Å²) in [5.41, 5.74) is 11.8. The number of thioether (sulfide) groups is 1. The molecule has 0 aliphatic rings. The molecule has 0 radical (unpaired) electrons. The molecule has 0 amide bonds. The normalized spacial score (nSPS) is 11.6. The Labute approximate surface area is 116 Å². The lowest BCUT2D eigenvalue weighted by Crippen LogP contribution is -1.96. The van der Waals surface area contributed by atoms with Crippen LogP contribution in [0.3, 0.4) is 0 Å². The highest BCUT2D eigenvalue weighted by Crippen LogP contribution is 2.25. The zero-order valence-electron chi connectivity index (χ0n) is 10.5. The Morgan fingerprint density at radius 3 is 2.65 bits per heavy atom. The SMILES string of the molecule is C=C(Br)S/C=C(\C)Cc1cc(C)c(N)cc1C. The van der Waals surface area contributed by atoms with E-state index in [2.05, 4.69) is 53.9 Å². The van der Waals surface area contributed by atoms with Gasteiger partial charge in [-0.05, 0) is 71.3 Å². The Morgan fingerprint density at radius 2 is 2.06 bits per heavy atom. The van der Waals surface area contributed by atoms with Crippen molar-refractivity contribution in [1.82, 2.24) is 0 Å². The van der Waals surface area contributed by atoms with Crippen LogP contribution in [-0.4, -0.2) is 0 Å². The first-order valence-electron chi connectivity index (χ1n) is 5.42. The second-order valence-corrected chi connectivity index (χ2v) is 6.70. The van der Waals surface area contributed by atoms with Gasteiger partial charge in [0.15, 0.2) is 0 Å². The topological polar surface area (TPSA) is 26.0 Å². The molecule has 0 fully saturated rings. The molecule has 0 aliphatic carbocycles. The van der Waals surface area contributed by atoms with Crippen LogP contribution in [0.2, 0.25) is 0 Å². The summed E-state index contributed by atoms with van der Waals surface area (Å²) in [6.07, 6.45) is 0.959. The van der Waals surface area contributed by atoms with Crippen molar-refractivity contribution >= 4 is 33.4 Å². The molecule has 1 aromatic rings. The molecule has 0 atom stereocenters. The molecule has 2 N–H and O–H groups in total. The van der Waals surface area contributed by atoms with Gasteiger partial charge in [0.25, 0.3) is 0 Å². The molecular formula is C14H18BrNS. The number of allylic oxidation sites excluding steroid dienone is 1. The summed E-state index contributed by atoms with van der Waals surface area (Å²) in [5.74, 6) is 0. The predicted molar refractivity (Wildman–Crippen MR) is 83.4 cm³/mol. The van der Waals surface area contributed by atoms with Crippen molar-refractivity contribution in [2.45, 2.75) is 27.2 Å². The van der Waals surface area contributed by atoms with Crippen LogP contribution >= 0.6 is 27.7 Å². The van der Waals surface area contributed by atoms with Crippen molar-refractivity contribution in [2.24, 2.45) is 0 Å². The van der Waals surface area contributed by atoms with Crippen molar-refractivity contribution < 1.29 is 0 Å². The first-order chi connectivity index (χ1) is 7.90. The fourth-order valence-electron chi connectivity index (χ4n) is 1.60. The van der Waals surface area contributed by atoms with Crippen LogP contribution in [0.4, 0.5) is 5.69 Å². The summed E-state index contributed by atoms with van der Waals surface area (Å²) in [4.78, 5) is 0. The number of aryl methyl sites for hydroxylation is 2. The summed E-state index contributed by atoms with van der Waals surface area (Å²) in [5, 5.41) is 2.13. The van der Waals surface area contributed by atoms with Gasteiger partial charge in [-0.25, -0.2) is 0 Å². The molecule has 1 rings (SSSR count). The lowest BCUT2D eigenvalue weighted by molar-refractivity contribution is 1.11. The standard InChI is InChI=1S/C14H18BrNS/c1-9(8-17-12(4)15)5-13-6-11(3)14(16)7-10(13)2/h6-8H,4-5,16H2,1-3H3/b9-8+. The van der Waals surface area contributed by atoms with Crippen LogP contribution in [0, 0.1) is 13.8 Å². The Morgan fingerprint density at radius 1 is 1.41 bits per heavy atom. The van der Waals surface area contributed by atoms with Gasteiger partial charge in [0.1, 0.15) is 0 Å². The van der Waals surface area contributed by atoms with Gasteiger partial charge in [0.2, 0.25) is 0 Å². The lowest BCUT2D eigenvalue weighted by Gasteiger charge is -2.10. The highest BCUT2D eigenvalue weighted by molar-refractivity contribution is 9.14. The minimum atomic E-state index is 0.871. The lowest BCUT2D eigenvalue weighted by atomic mass is 9.99. The van der Waals surface area contributed by atoms with E-state index in [0.29, 0.717) is 0 Å². The number of hydrogen-bond acceptors (Lipinski definition) is 2. The smallest absolute Gasteiger partial charge is 0.0473 e. The van der Waals surface area contributed by atoms with Gasteiger partial charge in [0.05, 0.1) is 0 Å². The van der Waals surface area contributed by atoms with Gasteiger partial charge in [-0.3, -0.25) is 0 Å². The van der Waals surface area contributed by atoms with Crippen molar-refractivity contribution in [1.29, 1.82) is 0 Å². The van der Waals surface area contributed by atoms with Crippen LogP contribution in [0.25, 0.3) is 0 Å². The summed E-state index contributed by atoms with van der Waals surface area (Å²) in [6, 6.07) is 4.23. The van der Waals surface area contributed by atoms with Crippen molar-refractivity contribution in [2.75, 3.05) is 5.73 Å². The van der Waals surface area contributed by atoms with E-state index in [1.165, 1.54) is 16.7 Å². The molecule has 0 heterocycles. The maximum atomic E-state index is 5.88. The molecule has 0 saturated carbocycles. The Kier molecular flexibility index (Phi) is 5.34. The Bertz CT molecular complexity index is 464. The molecule has 17 heavy (non-hydrogen) atoms. The molecule has 3 heteroatoms. The van der Waals surface area contributed by atoms with E-state index < -0.39 is 0 Å². The average Bonchev–Trinajstić information content (AvgIpc) is 2.23. The van der Waals surface area contributed by atoms with Gasteiger partial charge < -0.3 is 5.73 Å². The minimum absolute atomic E-state index is 0.871. The van der Waals surface area contributed by atoms with E-state index in [-0.39, 0.29) is 0 Å². The van der Waals surface area contributed by atoms with Crippen molar-refractivity contribution in [3.8, 4) is 0 Å².